The number of aliphatic hydroxyl groups excluding tert-OH is 1. The second kappa shape index (κ2) is 14.5. The average Bonchev–Trinajstić information content (AvgIpc) is 3.60. The van der Waals surface area contributed by atoms with E-state index >= 15 is 0 Å². The highest BCUT2D eigenvalue weighted by atomic mass is 35.5. The lowest BCUT2D eigenvalue weighted by Crippen LogP contribution is -2.30. The molecule has 0 radical (unpaired) electrons. The molecule has 10 heteroatoms. The largest absolute Gasteiger partial charge is 0.503 e. The Morgan fingerprint density at radius 3 is 2.65 bits per heavy atom. The van der Waals surface area contributed by atoms with Crippen LogP contribution in [-0.2, 0) is 15.3 Å². The highest BCUT2D eigenvalue weighted by Gasteiger charge is 2.45. The minimum atomic E-state index is -0.922. The molecule has 2 heterocycles. The average molecular weight is 632 g/mol. The Bertz CT molecular complexity index is 1650. The highest BCUT2D eigenvalue weighted by molar-refractivity contribution is 8.00. The van der Waals surface area contributed by atoms with Crippen LogP contribution in [-0.4, -0.2) is 33.6 Å². The quantitative estimate of drug-likeness (QED) is 0.0687. The number of ether oxygens (including phenoxy) is 1. The summed E-state index contributed by atoms with van der Waals surface area (Å²) in [7, 11) is 0. The fourth-order valence-electron chi connectivity index (χ4n) is 4.63. The van der Waals surface area contributed by atoms with Gasteiger partial charge >= 0.3 is 0 Å². The molecule has 5 rings (SSSR count). The molecular formula is C33H30ClN3O4S2. The van der Waals surface area contributed by atoms with E-state index in [9.17, 15) is 14.7 Å². The SMILES string of the molecule is CCCCCOc1cccc(C2C(C(=O)/C=C/c3ccccc3)=C(O)C(=O)N2c2nnc(SCc3ccccc3Cl)s2)c1. The number of hydrogen-bond donors (Lipinski definition) is 1. The summed E-state index contributed by atoms with van der Waals surface area (Å²) in [4.78, 5) is 28.5. The van der Waals surface area contributed by atoms with Gasteiger partial charge in [0.25, 0.3) is 5.91 Å². The summed E-state index contributed by atoms with van der Waals surface area (Å²) in [6, 6.07) is 23.3. The van der Waals surface area contributed by atoms with Gasteiger partial charge < -0.3 is 9.84 Å². The summed E-state index contributed by atoms with van der Waals surface area (Å²) < 4.78 is 6.59. The number of carbonyl (C=O) groups is 2. The topological polar surface area (TPSA) is 92.6 Å². The number of amides is 1. The van der Waals surface area contributed by atoms with Crippen molar-refractivity contribution in [1.82, 2.24) is 10.2 Å². The molecular weight excluding hydrogens is 602 g/mol. The first kappa shape index (κ1) is 30.5. The zero-order valence-corrected chi connectivity index (χ0v) is 25.9. The van der Waals surface area contributed by atoms with Crippen LogP contribution >= 0.6 is 34.7 Å². The Labute approximate surface area is 263 Å². The first-order valence-corrected chi connectivity index (χ1v) is 16.1. The van der Waals surface area contributed by atoms with E-state index in [0.29, 0.717) is 33.0 Å². The van der Waals surface area contributed by atoms with Gasteiger partial charge in [0.15, 0.2) is 15.9 Å². The molecule has 7 nitrogen and oxygen atoms in total. The number of rotatable bonds is 13. The number of ketones is 1. The predicted octanol–water partition coefficient (Wildman–Crippen LogP) is 8.24. The molecule has 220 valence electrons. The van der Waals surface area contributed by atoms with Gasteiger partial charge in [-0.15, -0.1) is 10.2 Å². The van der Waals surface area contributed by atoms with E-state index < -0.39 is 23.5 Å². The van der Waals surface area contributed by atoms with E-state index in [2.05, 4.69) is 17.1 Å². The zero-order chi connectivity index (χ0) is 30.2. The molecule has 0 aliphatic carbocycles. The summed E-state index contributed by atoms with van der Waals surface area (Å²) in [5, 5.41) is 20.6. The Morgan fingerprint density at radius 2 is 1.86 bits per heavy atom. The molecule has 4 aromatic rings. The first-order chi connectivity index (χ1) is 21.0. The van der Waals surface area contributed by atoms with Gasteiger partial charge in [0.1, 0.15) is 5.75 Å². The van der Waals surface area contributed by atoms with Crippen molar-refractivity contribution in [2.24, 2.45) is 0 Å². The van der Waals surface area contributed by atoms with Gasteiger partial charge in [0, 0.05) is 10.8 Å². The Kier molecular flexibility index (Phi) is 10.3. The second-order valence-corrected chi connectivity index (χ2v) is 12.4. The lowest BCUT2D eigenvalue weighted by molar-refractivity contribution is -0.117. The van der Waals surface area contributed by atoms with Crippen LogP contribution in [0.15, 0.2) is 101 Å². The van der Waals surface area contributed by atoms with Crippen molar-refractivity contribution in [2.45, 2.75) is 42.3 Å². The lowest BCUT2D eigenvalue weighted by Gasteiger charge is -2.24. The number of hydrogen-bond acceptors (Lipinski definition) is 8. The van der Waals surface area contributed by atoms with Crippen LogP contribution in [0.4, 0.5) is 5.13 Å². The molecule has 3 aromatic carbocycles. The van der Waals surface area contributed by atoms with Crippen LogP contribution in [0.1, 0.15) is 48.9 Å². The number of thioether (sulfide) groups is 1. The smallest absolute Gasteiger partial charge is 0.296 e. The van der Waals surface area contributed by atoms with Crippen LogP contribution in [0, 0.1) is 0 Å². The molecule has 1 aliphatic rings. The van der Waals surface area contributed by atoms with Gasteiger partial charge in [-0.25, -0.2) is 0 Å². The Hall–Kier alpha value is -3.92. The maximum Gasteiger partial charge on any atom is 0.296 e. The standard InChI is InChI=1S/C33H30ClN3O4S2/c1-2-3-9-19-41-25-15-10-14-23(20-25)29-28(27(38)18-17-22-11-5-4-6-12-22)30(39)31(40)37(29)32-35-36-33(43-32)42-21-24-13-7-8-16-26(24)34/h4-8,10-18,20,29,39H,2-3,9,19,21H2,1H3/b18-17+. The fourth-order valence-corrected chi connectivity index (χ4v) is 6.78. The number of nitrogens with zero attached hydrogens (tertiary/aromatic N) is 3. The van der Waals surface area contributed by atoms with E-state index in [-0.39, 0.29) is 10.7 Å². The van der Waals surface area contributed by atoms with Crippen LogP contribution in [0.3, 0.4) is 0 Å². The van der Waals surface area contributed by atoms with E-state index in [0.717, 1.165) is 30.4 Å². The van der Waals surface area contributed by atoms with Crippen LogP contribution in [0.25, 0.3) is 6.08 Å². The molecule has 1 N–H and O–H groups in total. The zero-order valence-electron chi connectivity index (χ0n) is 23.5. The van der Waals surface area contributed by atoms with Crippen molar-refractivity contribution in [1.29, 1.82) is 0 Å². The third-order valence-corrected chi connectivity index (χ3v) is 9.28. The maximum absolute atomic E-state index is 13.6. The molecule has 43 heavy (non-hydrogen) atoms. The molecule has 1 atom stereocenters. The first-order valence-electron chi connectivity index (χ1n) is 13.9. The van der Waals surface area contributed by atoms with Crippen molar-refractivity contribution in [2.75, 3.05) is 11.5 Å². The van der Waals surface area contributed by atoms with Crippen LogP contribution < -0.4 is 9.64 Å². The molecule has 0 fully saturated rings. The maximum atomic E-state index is 13.6. The molecule has 0 spiro atoms. The number of halogens is 1. The van der Waals surface area contributed by atoms with Gasteiger partial charge in [-0.2, -0.15) is 0 Å². The van der Waals surface area contributed by atoms with Crippen molar-refractivity contribution >= 4 is 57.6 Å². The molecule has 1 aliphatic heterocycles. The van der Waals surface area contributed by atoms with E-state index in [1.807, 2.05) is 72.8 Å². The number of aliphatic hydroxyl groups is 1. The summed E-state index contributed by atoms with van der Waals surface area (Å²) in [5.41, 5.74) is 2.36. The monoisotopic (exact) mass is 631 g/mol. The van der Waals surface area contributed by atoms with Gasteiger partial charge in [0.05, 0.1) is 18.2 Å². The summed E-state index contributed by atoms with van der Waals surface area (Å²) >= 11 is 8.97. The minimum Gasteiger partial charge on any atom is -0.503 e. The number of carbonyl (C=O) groups excluding carboxylic acids is 2. The Balaban J connectivity index is 1.46. The summed E-state index contributed by atoms with van der Waals surface area (Å²) in [6.07, 6.45) is 6.09. The number of allylic oxidation sites excluding steroid dienone is 1. The number of benzene rings is 3. The predicted molar refractivity (Wildman–Crippen MR) is 173 cm³/mol. The van der Waals surface area contributed by atoms with Crippen LogP contribution in [0.2, 0.25) is 5.02 Å². The lowest BCUT2D eigenvalue weighted by atomic mass is 9.95. The third-order valence-electron chi connectivity index (χ3n) is 6.80. The molecule has 1 amide bonds. The molecule has 0 saturated carbocycles. The number of unbranched alkanes of at least 4 members (excludes halogenated alkanes) is 2. The summed E-state index contributed by atoms with van der Waals surface area (Å²) in [5.74, 6) is -0.612. The van der Waals surface area contributed by atoms with Gasteiger partial charge in [0.2, 0.25) is 5.13 Å². The summed E-state index contributed by atoms with van der Waals surface area (Å²) in [6.45, 7) is 2.68. The van der Waals surface area contributed by atoms with E-state index in [4.69, 9.17) is 16.3 Å². The molecule has 1 unspecified atom stereocenters. The second-order valence-electron chi connectivity index (χ2n) is 9.81. The van der Waals surface area contributed by atoms with Gasteiger partial charge in [-0.1, -0.05) is 121 Å². The Morgan fingerprint density at radius 1 is 1.07 bits per heavy atom. The van der Waals surface area contributed by atoms with E-state index in [1.165, 1.54) is 34.1 Å². The van der Waals surface area contributed by atoms with Crippen LogP contribution in [0.5, 0.6) is 5.75 Å². The number of anilines is 1. The molecule has 0 bridgehead atoms. The van der Waals surface area contributed by atoms with Crippen molar-refractivity contribution in [3.63, 3.8) is 0 Å². The molecule has 0 saturated heterocycles. The van der Waals surface area contributed by atoms with Crippen molar-refractivity contribution in [3.05, 3.63) is 118 Å². The van der Waals surface area contributed by atoms with Crippen molar-refractivity contribution in [3.8, 4) is 5.75 Å². The molecule has 1 aromatic heterocycles. The van der Waals surface area contributed by atoms with Gasteiger partial charge in [-0.05, 0) is 47.4 Å². The highest BCUT2D eigenvalue weighted by Crippen LogP contribution is 2.44. The fraction of sp³-hybridized carbons (Fsp3) is 0.212. The van der Waals surface area contributed by atoms with Gasteiger partial charge in [-0.3, -0.25) is 14.5 Å². The van der Waals surface area contributed by atoms with E-state index in [1.54, 1.807) is 12.1 Å². The van der Waals surface area contributed by atoms with Crippen molar-refractivity contribution < 1.29 is 19.4 Å². The number of aromatic nitrogens is 2. The normalized spacial score (nSPS) is 15.1. The third kappa shape index (κ3) is 7.36. The minimum absolute atomic E-state index is 0.0271.